The zero-order valence-corrected chi connectivity index (χ0v) is 12.6. The maximum Gasteiger partial charge on any atom is 0.0244 e. The minimum absolute atomic E-state index is 0.312. The van der Waals surface area contributed by atoms with Crippen LogP contribution in [0.1, 0.15) is 58.1 Å². The van der Waals surface area contributed by atoms with Crippen LogP contribution in [0, 0.1) is 6.92 Å². The summed E-state index contributed by atoms with van der Waals surface area (Å²) in [6.45, 7) is 12.8. The quantitative estimate of drug-likeness (QED) is 0.739. The van der Waals surface area contributed by atoms with Gasteiger partial charge in [-0.05, 0) is 59.4 Å². The fourth-order valence-electron chi connectivity index (χ4n) is 3.35. The summed E-state index contributed by atoms with van der Waals surface area (Å²) in [5, 5.41) is 0. The fourth-order valence-corrected chi connectivity index (χ4v) is 3.35. The van der Waals surface area contributed by atoms with E-state index < -0.39 is 0 Å². The van der Waals surface area contributed by atoms with Crippen molar-refractivity contribution in [2.75, 3.05) is 0 Å². The highest BCUT2D eigenvalue weighted by Gasteiger charge is 2.40. The smallest absolute Gasteiger partial charge is 0.0244 e. The first-order valence-corrected chi connectivity index (χ1v) is 7.15. The Hall–Kier alpha value is -0.820. The number of likely N-dealkylation sites (tertiary alicyclic amines) is 1. The molecule has 1 aliphatic heterocycles. The summed E-state index contributed by atoms with van der Waals surface area (Å²) in [5.41, 5.74) is 3.40. The van der Waals surface area contributed by atoms with Crippen molar-refractivity contribution in [1.29, 1.82) is 0 Å². The van der Waals surface area contributed by atoms with Crippen molar-refractivity contribution >= 4 is 0 Å². The molecule has 1 aliphatic rings. The second kappa shape index (κ2) is 4.70. The van der Waals surface area contributed by atoms with Crippen LogP contribution in [0.15, 0.2) is 24.3 Å². The second-order valence-electron chi connectivity index (χ2n) is 7.05. The molecule has 1 heterocycles. The number of rotatable bonds is 2. The van der Waals surface area contributed by atoms with E-state index >= 15 is 0 Å². The number of aryl methyl sites for hydroxylation is 1. The largest absolute Gasteiger partial charge is 0.289 e. The lowest BCUT2D eigenvalue weighted by molar-refractivity contribution is -0.0340. The van der Waals surface area contributed by atoms with Crippen molar-refractivity contribution in [1.82, 2.24) is 4.90 Å². The SMILES string of the molecule is Cc1ccc(CN2C(C)(C)CCCC2(C)C)cc1. The van der Waals surface area contributed by atoms with Gasteiger partial charge in [-0.2, -0.15) is 0 Å². The van der Waals surface area contributed by atoms with Crippen molar-refractivity contribution in [3.63, 3.8) is 0 Å². The molecule has 0 aromatic heterocycles. The minimum atomic E-state index is 0.312. The lowest BCUT2D eigenvalue weighted by Crippen LogP contribution is -2.57. The highest BCUT2D eigenvalue weighted by molar-refractivity contribution is 5.22. The highest BCUT2D eigenvalue weighted by Crippen LogP contribution is 2.39. The molecule has 1 nitrogen and oxygen atoms in total. The fraction of sp³-hybridized carbons (Fsp3) is 0.647. The van der Waals surface area contributed by atoms with Crippen LogP contribution in [-0.4, -0.2) is 16.0 Å². The van der Waals surface area contributed by atoms with Crippen LogP contribution in [-0.2, 0) is 6.54 Å². The Bertz CT molecular complexity index is 384. The van der Waals surface area contributed by atoms with Gasteiger partial charge in [-0.25, -0.2) is 0 Å². The van der Waals surface area contributed by atoms with Gasteiger partial charge in [-0.15, -0.1) is 0 Å². The first-order valence-electron chi connectivity index (χ1n) is 7.15. The lowest BCUT2D eigenvalue weighted by Gasteiger charge is -2.53. The van der Waals surface area contributed by atoms with Crippen molar-refractivity contribution in [3.05, 3.63) is 35.4 Å². The summed E-state index contributed by atoms with van der Waals surface area (Å²) in [6, 6.07) is 8.99. The summed E-state index contributed by atoms with van der Waals surface area (Å²) in [4.78, 5) is 2.69. The Morgan fingerprint density at radius 2 is 1.44 bits per heavy atom. The molecular formula is C17H27N. The number of piperidine rings is 1. The van der Waals surface area contributed by atoms with Crippen molar-refractivity contribution in [2.45, 2.75) is 71.5 Å². The molecular weight excluding hydrogens is 218 g/mol. The van der Waals surface area contributed by atoms with Crippen molar-refractivity contribution in [2.24, 2.45) is 0 Å². The number of hydrogen-bond acceptors (Lipinski definition) is 1. The van der Waals surface area contributed by atoms with Crippen LogP contribution in [0.3, 0.4) is 0 Å². The Kier molecular flexibility index (Phi) is 3.55. The zero-order valence-electron chi connectivity index (χ0n) is 12.6. The predicted octanol–water partition coefficient (Wildman–Crippen LogP) is 4.54. The van der Waals surface area contributed by atoms with E-state index in [9.17, 15) is 0 Å². The van der Waals surface area contributed by atoms with E-state index in [-0.39, 0.29) is 0 Å². The molecule has 1 saturated heterocycles. The van der Waals surface area contributed by atoms with Crippen LogP contribution in [0.5, 0.6) is 0 Å². The van der Waals surface area contributed by atoms with Gasteiger partial charge in [0.2, 0.25) is 0 Å². The van der Waals surface area contributed by atoms with E-state index in [1.165, 1.54) is 30.4 Å². The maximum atomic E-state index is 2.69. The molecule has 0 N–H and O–H groups in total. The van der Waals surface area contributed by atoms with Gasteiger partial charge in [0.1, 0.15) is 0 Å². The van der Waals surface area contributed by atoms with Crippen LogP contribution in [0.25, 0.3) is 0 Å². The lowest BCUT2D eigenvalue weighted by atomic mass is 9.79. The Balaban J connectivity index is 2.21. The van der Waals surface area contributed by atoms with Gasteiger partial charge in [0, 0.05) is 17.6 Å². The third kappa shape index (κ3) is 2.77. The normalized spacial score (nSPS) is 22.9. The first kappa shape index (κ1) is 13.6. The molecule has 1 aromatic rings. The summed E-state index contributed by atoms with van der Waals surface area (Å²) < 4.78 is 0. The zero-order chi connectivity index (χ0) is 13.4. The molecule has 100 valence electrons. The molecule has 1 fully saturated rings. The summed E-state index contributed by atoms with van der Waals surface area (Å²) in [7, 11) is 0. The van der Waals surface area contributed by atoms with Gasteiger partial charge in [0.15, 0.2) is 0 Å². The van der Waals surface area contributed by atoms with E-state index in [4.69, 9.17) is 0 Å². The molecule has 0 unspecified atom stereocenters. The number of benzene rings is 1. The van der Waals surface area contributed by atoms with Crippen LogP contribution in [0.2, 0.25) is 0 Å². The average molecular weight is 245 g/mol. The van der Waals surface area contributed by atoms with E-state index in [0.717, 1.165) is 6.54 Å². The molecule has 0 spiro atoms. The molecule has 0 bridgehead atoms. The summed E-state index contributed by atoms with van der Waals surface area (Å²) in [6.07, 6.45) is 3.97. The van der Waals surface area contributed by atoms with Crippen LogP contribution < -0.4 is 0 Å². The molecule has 0 aliphatic carbocycles. The maximum absolute atomic E-state index is 2.69. The van der Waals surface area contributed by atoms with Gasteiger partial charge in [-0.1, -0.05) is 29.8 Å². The summed E-state index contributed by atoms with van der Waals surface area (Å²) in [5.74, 6) is 0. The van der Waals surface area contributed by atoms with Crippen LogP contribution >= 0.6 is 0 Å². The topological polar surface area (TPSA) is 3.24 Å². The molecule has 0 atom stereocenters. The van der Waals surface area contributed by atoms with Gasteiger partial charge in [0.25, 0.3) is 0 Å². The predicted molar refractivity (Wildman–Crippen MR) is 78.7 cm³/mol. The number of nitrogens with zero attached hydrogens (tertiary/aromatic N) is 1. The van der Waals surface area contributed by atoms with Crippen molar-refractivity contribution < 1.29 is 0 Å². The molecule has 18 heavy (non-hydrogen) atoms. The van der Waals surface area contributed by atoms with E-state index in [2.05, 4.69) is 63.8 Å². The average Bonchev–Trinajstić information content (AvgIpc) is 2.25. The van der Waals surface area contributed by atoms with Gasteiger partial charge in [0.05, 0.1) is 0 Å². The third-order valence-corrected chi connectivity index (χ3v) is 4.50. The van der Waals surface area contributed by atoms with E-state index in [0.29, 0.717) is 11.1 Å². The molecule has 1 aromatic carbocycles. The molecule has 0 saturated carbocycles. The van der Waals surface area contributed by atoms with Crippen molar-refractivity contribution in [3.8, 4) is 0 Å². The molecule has 0 radical (unpaired) electrons. The van der Waals surface area contributed by atoms with E-state index in [1.807, 2.05) is 0 Å². The molecule has 0 amide bonds. The molecule has 1 heteroatoms. The Labute approximate surface area is 112 Å². The third-order valence-electron chi connectivity index (χ3n) is 4.50. The monoisotopic (exact) mass is 245 g/mol. The minimum Gasteiger partial charge on any atom is -0.289 e. The van der Waals surface area contributed by atoms with Gasteiger partial charge < -0.3 is 0 Å². The standard InChI is InChI=1S/C17H27N/c1-14-7-9-15(10-8-14)13-18-16(2,3)11-6-12-17(18,4)5/h7-10H,6,11-13H2,1-5H3. The Morgan fingerprint density at radius 1 is 0.944 bits per heavy atom. The molecule has 2 rings (SSSR count). The highest BCUT2D eigenvalue weighted by atomic mass is 15.3. The van der Waals surface area contributed by atoms with Gasteiger partial charge in [-0.3, -0.25) is 4.90 Å². The summed E-state index contributed by atoms with van der Waals surface area (Å²) >= 11 is 0. The van der Waals surface area contributed by atoms with Crippen LogP contribution in [0.4, 0.5) is 0 Å². The number of hydrogen-bond donors (Lipinski definition) is 0. The first-order chi connectivity index (χ1) is 8.31. The van der Waals surface area contributed by atoms with Gasteiger partial charge >= 0.3 is 0 Å². The van der Waals surface area contributed by atoms with E-state index in [1.54, 1.807) is 0 Å². The Morgan fingerprint density at radius 3 is 1.94 bits per heavy atom. The second-order valence-corrected chi connectivity index (χ2v) is 7.05.